The maximum atomic E-state index is 14.1. The number of ether oxygens (including phenoxy) is 7. The van der Waals surface area contributed by atoms with Crippen LogP contribution in [0, 0.1) is 17.8 Å². The molecule has 2 amide bonds. The van der Waals surface area contributed by atoms with E-state index in [1.807, 2.05) is 65.0 Å². The van der Waals surface area contributed by atoms with Crippen LogP contribution in [0.3, 0.4) is 0 Å². The van der Waals surface area contributed by atoms with E-state index in [4.69, 9.17) is 44.8 Å². The molecule has 1 fully saturated rings. The van der Waals surface area contributed by atoms with Crippen molar-refractivity contribution in [1.29, 1.82) is 0 Å². The summed E-state index contributed by atoms with van der Waals surface area (Å²) in [5.41, 5.74) is -0.0130. The average molecular weight is 888 g/mol. The average Bonchev–Trinajstić information content (AvgIpc) is 3.49. The van der Waals surface area contributed by atoms with Gasteiger partial charge in [-0.1, -0.05) is 81.8 Å². The lowest BCUT2D eigenvalue weighted by Crippen LogP contribution is -2.50. The summed E-state index contributed by atoms with van der Waals surface area (Å²) in [5, 5.41) is 5.67. The highest BCUT2D eigenvalue weighted by Gasteiger charge is 2.47. The molecule has 1 aliphatic rings. The molecule has 14 nitrogen and oxygen atoms in total. The third-order valence-electron chi connectivity index (χ3n) is 9.51. The van der Waals surface area contributed by atoms with Gasteiger partial charge in [-0.3, -0.25) is 9.59 Å². The van der Waals surface area contributed by atoms with Gasteiger partial charge in [0.25, 0.3) is 0 Å². The van der Waals surface area contributed by atoms with Gasteiger partial charge < -0.3 is 43.8 Å². The Morgan fingerprint density at radius 1 is 0.871 bits per heavy atom. The zero-order chi connectivity index (χ0) is 46.6. The smallest absolute Gasteiger partial charge is 0.408 e. The van der Waals surface area contributed by atoms with Crippen LogP contribution >= 0.6 is 11.6 Å². The third-order valence-corrected chi connectivity index (χ3v) is 9.81. The van der Waals surface area contributed by atoms with Gasteiger partial charge in [0.05, 0.1) is 24.2 Å². The number of methoxy groups -OCH3 is 1. The monoisotopic (exact) mass is 886 g/mol. The maximum Gasteiger partial charge on any atom is 0.408 e. The first kappa shape index (κ1) is 51.7. The number of hydrogen-bond acceptors (Lipinski definition) is 12. The van der Waals surface area contributed by atoms with Crippen molar-refractivity contribution in [3.8, 4) is 5.75 Å². The number of carbonyl (C=O) groups is 5. The second kappa shape index (κ2) is 22.6. The Morgan fingerprint density at radius 2 is 1.52 bits per heavy atom. The molecule has 1 aliphatic heterocycles. The zero-order valence-corrected chi connectivity index (χ0v) is 39.3. The fourth-order valence-corrected chi connectivity index (χ4v) is 6.86. The number of halogens is 1. The van der Waals surface area contributed by atoms with Gasteiger partial charge in [-0.2, -0.15) is 0 Å². The molecular weight excluding hydrogens is 820 g/mol. The van der Waals surface area contributed by atoms with Gasteiger partial charge in [-0.05, 0) is 91.0 Å². The highest BCUT2D eigenvalue weighted by atomic mass is 35.5. The summed E-state index contributed by atoms with van der Waals surface area (Å²) in [6, 6.07) is 13.5. The molecule has 0 spiro atoms. The first-order valence-electron chi connectivity index (χ1n) is 21.1. The molecule has 344 valence electrons. The molecule has 2 aromatic rings. The van der Waals surface area contributed by atoms with Gasteiger partial charge in [-0.25, -0.2) is 14.4 Å². The lowest BCUT2D eigenvalue weighted by Gasteiger charge is -2.31. The highest BCUT2D eigenvalue weighted by Crippen LogP contribution is 2.43. The number of hydrogen-bond donors (Lipinski definition) is 2. The van der Waals surface area contributed by atoms with E-state index in [0.29, 0.717) is 16.3 Å². The third kappa shape index (κ3) is 17.2. The molecule has 0 saturated carbocycles. The van der Waals surface area contributed by atoms with Crippen LogP contribution in [0.2, 0.25) is 5.02 Å². The van der Waals surface area contributed by atoms with E-state index < -0.39 is 89.2 Å². The number of amides is 2. The van der Waals surface area contributed by atoms with Crippen molar-refractivity contribution < 1.29 is 57.1 Å². The second-order valence-corrected chi connectivity index (χ2v) is 18.9. The summed E-state index contributed by atoms with van der Waals surface area (Å²) in [6.07, 6.45) is -0.829. The van der Waals surface area contributed by atoms with Gasteiger partial charge >= 0.3 is 24.0 Å². The van der Waals surface area contributed by atoms with E-state index in [-0.39, 0.29) is 31.7 Å². The van der Waals surface area contributed by atoms with Gasteiger partial charge in [0, 0.05) is 31.4 Å². The van der Waals surface area contributed by atoms with Crippen LogP contribution in [-0.4, -0.2) is 84.9 Å². The van der Waals surface area contributed by atoms with Gasteiger partial charge in [0.1, 0.15) is 35.2 Å². The van der Waals surface area contributed by atoms with E-state index in [1.165, 1.54) is 13.2 Å². The molecule has 1 saturated heterocycles. The summed E-state index contributed by atoms with van der Waals surface area (Å²) >= 11 is 6.33. The minimum absolute atomic E-state index is 0.0457. The summed E-state index contributed by atoms with van der Waals surface area (Å²) in [4.78, 5) is 66.7. The molecule has 62 heavy (non-hydrogen) atoms. The summed E-state index contributed by atoms with van der Waals surface area (Å²) < 4.78 is 40.8. The Hall–Kier alpha value is -4.66. The summed E-state index contributed by atoms with van der Waals surface area (Å²) in [5.74, 6) is -4.65. The minimum atomic E-state index is -1.30. The first-order valence-corrected chi connectivity index (χ1v) is 21.5. The SMILES string of the molecule is COc1ccc(C[C@H](NC(=O)OC(C)(C)C)C(=O)NC[C@@H](C)C(=O)O[C@@H](CC(C)C)C(=O)O[C@@H](C/C=C/C(=O)OC(C)(C)C)[C@H](C)[C@H]2OC(C)(C)O[C@@H]2c2ccccc2)cc1Cl. The quantitative estimate of drug-likeness (QED) is 0.0787. The van der Waals surface area contributed by atoms with Crippen molar-refractivity contribution in [3.63, 3.8) is 0 Å². The Labute approximate surface area is 372 Å². The fraction of sp³-hybridized carbons (Fsp3) is 0.596. The van der Waals surface area contributed by atoms with Crippen molar-refractivity contribution in [1.82, 2.24) is 10.6 Å². The van der Waals surface area contributed by atoms with Crippen molar-refractivity contribution in [2.45, 2.75) is 150 Å². The lowest BCUT2D eigenvalue weighted by atomic mass is 9.89. The predicted octanol–water partition coefficient (Wildman–Crippen LogP) is 8.22. The summed E-state index contributed by atoms with van der Waals surface area (Å²) in [7, 11) is 1.48. The molecule has 0 unspecified atom stereocenters. The Bertz CT molecular complexity index is 1850. The largest absolute Gasteiger partial charge is 0.495 e. The van der Waals surface area contributed by atoms with Crippen LogP contribution in [0.15, 0.2) is 60.7 Å². The molecule has 0 aliphatic carbocycles. The standard InChI is InChI=1S/C47H67ClN2O12/c1-28(2)24-37(58-42(53)29(3)27-49-41(52)34(50-44(55)62-46(8,9)10)26-31-22-23-36(56-13)33(48)25-31)43(54)57-35(20-17-21-38(51)59-45(5,6)7)30(4)39-40(61-47(11,12)60-39)32-18-15-14-16-19-32/h14-19,21-23,25,28-30,34-35,37,39-40H,20,24,26-27H2,1-13H3,(H,49,52)(H,50,55)/b21-17+/t29-,30+,34+,35+,37+,39-,40-/m1/s1. The lowest BCUT2D eigenvalue weighted by molar-refractivity contribution is -0.180. The number of carbonyl (C=O) groups excluding carboxylic acids is 5. The van der Waals surface area contributed by atoms with Crippen LogP contribution in [0.5, 0.6) is 5.75 Å². The van der Waals surface area contributed by atoms with Gasteiger partial charge in [0.2, 0.25) is 5.91 Å². The maximum absolute atomic E-state index is 14.1. The van der Waals surface area contributed by atoms with Crippen molar-refractivity contribution in [2.75, 3.05) is 13.7 Å². The van der Waals surface area contributed by atoms with E-state index in [1.54, 1.807) is 72.7 Å². The Kier molecular flexibility index (Phi) is 18.9. The molecule has 15 heteroatoms. The number of benzene rings is 2. The molecule has 2 N–H and O–H groups in total. The van der Waals surface area contributed by atoms with Crippen LogP contribution < -0.4 is 15.4 Å². The second-order valence-electron chi connectivity index (χ2n) is 18.5. The van der Waals surface area contributed by atoms with E-state index in [2.05, 4.69) is 10.6 Å². The minimum Gasteiger partial charge on any atom is -0.495 e. The van der Waals surface area contributed by atoms with Gasteiger partial charge in [-0.15, -0.1) is 0 Å². The molecule has 0 aromatic heterocycles. The summed E-state index contributed by atoms with van der Waals surface area (Å²) in [6.45, 7) is 21.0. The first-order chi connectivity index (χ1) is 28.8. The van der Waals surface area contributed by atoms with Crippen molar-refractivity contribution in [2.24, 2.45) is 17.8 Å². The van der Waals surface area contributed by atoms with Crippen LogP contribution in [-0.2, 0) is 54.0 Å². The molecule has 1 heterocycles. The molecule has 3 rings (SSSR count). The molecule has 0 bridgehead atoms. The molecule has 2 aromatic carbocycles. The van der Waals surface area contributed by atoms with E-state index in [0.717, 1.165) is 5.56 Å². The van der Waals surface area contributed by atoms with Gasteiger partial charge in [0.15, 0.2) is 11.9 Å². The predicted molar refractivity (Wildman–Crippen MR) is 234 cm³/mol. The molecular formula is C47H67ClN2O12. The molecule has 7 atom stereocenters. The number of nitrogens with one attached hydrogen (secondary N) is 2. The van der Waals surface area contributed by atoms with Crippen molar-refractivity contribution in [3.05, 3.63) is 76.8 Å². The molecule has 0 radical (unpaired) electrons. The van der Waals surface area contributed by atoms with Crippen molar-refractivity contribution >= 4 is 41.5 Å². The van der Waals surface area contributed by atoms with E-state index in [9.17, 15) is 24.0 Å². The van der Waals surface area contributed by atoms with E-state index >= 15 is 0 Å². The highest BCUT2D eigenvalue weighted by molar-refractivity contribution is 6.32. The number of esters is 3. The Morgan fingerprint density at radius 3 is 2.10 bits per heavy atom. The normalized spacial score (nSPS) is 18.8. The van der Waals surface area contributed by atoms with Crippen LogP contribution in [0.25, 0.3) is 0 Å². The zero-order valence-electron chi connectivity index (χ0n) is 38.5. The number of rotatable bonds is 19. The Balaban J connectivity index is 1.80. The van der Waals surface area contributed by atoms with Crippen LogP contribution in [0.1, 0.15) is 113 Å². The topological polar surface area (TPSA) is 174 Å². The number of alkyl carbamates (subject to hydrolysis) is 1. The van der Waals surface area contributed by atoms with Crippen LogP contribution in [0.4, 0.5) is 4.79 Å². The fourth-order valence-electron chi connectivity index (χ4n) is 6.58.